The van der Waals surface area contributed by atoms with Crippen molar-refractivity contribution in [2.45, 2.75) is 6.10 Å². The lowest BCUT2D eigenvalue weighted by atomic mass is 10.3. The molecule has 0 heterocycles. The summed E-state index contributed by atoms with van der Waals surface area (Å²) in [6, 6.07) is 9.94. The Hall–Kier alpha value is -1.06. The van der Waals surface area contributed by atoms with Crippen LogP contribution in [0.5, 0.6) is 5.75 Å². The fraction of sp³-hybridized carbons (Fsp3) is 0.333. The Labute approximate surface area is 71.8 Å². The van der Waals surface area contributed by atoms with Gasteiger partial charge in [-0.3, -0.25) is 0 Å². The second kappa shape index (κ2) is 4.74. The van der Waals surface area contributed by atoms with Crippen LogP contribution in [-0.2, 0) is 0 Å². The van der Waals surface area contributed by atoms with Gasteiger partial charge in [0.2, 0.25) is 0 Å². The second-order valence-corrected chi connectivity index (χ2v) is 2.44. The first-order valence-electron chi connectivity index (χ1n) is 3.80. The van der Waals surface area contributed by atoms with Crippen LogP contribution in [0.4, 0.5) is 0 Å². The number of aliphatic hydroxyl groups is 1. The second-order valence-electron chi connectivity index (χ2n) is 2.44. The van der Waals surface area contributed by atoms with Gasteiger partial charge in [-0.2, -0.15) is 0 Å². The zero-order chi connectivity index (χ0) is 8.81. The summed E-state index contributed by atoms with van der Waals surface area (Å²) in [5.74, 6) is 0.723. The average Bonchev–Trinajstić information content (AvgIpc) is 2.16. The Morgan fingerprint density at radius 1 is 1.50 bits per heavy atom. The summed E-state index contributed by atoms with van der Waals surface area (Å²) in [6.07, 6.45) is -0.589. The van der Waals surface area contributed by atoms with E-state index in [0.29, 0.717) is 0 Å². The van der Waals surface area contributed by atoms with Gasteiger partial charge in [0.1, 0.15) is 18.5 Å². The zero-order valence-electron chi connectivity index (χ0n) is 6.73. The largest absolute Gasteiger partial charge is 0.491 e. The third kappa shape index (κ3) is 2.90. The normalized spacial score (nSPS) is 12.5. The van der Waals surface area contributed by atoms with Crippen LogP contribution in [0, 0.1) is 6.07 Å². The van der Waals surface area contributed by atoms with Crippen LogP contribution in [0.2, 0.25) is 0 Å². The minimum Gasteiger partial charge on any atom is -0.491 e. The number of rotatable bonds is 4. The van der Waals surface area contributed by atoms with Crippen molar-refractivity contribution < 1.29 is 9.84 Å². The number of benzene rings is 1. The maximum atomic E-state index is 9.06. The molecule has 0 saturated heterocycles. The topological polar surface area (TPSA) is 55.5 Å². The highest BCUT2D eigenvalue weighted by Crippen LogP contribution is 2.07. The molecule has 0 fully saturated rings. The molecule has 0 aliphatic rings. The van der Waals surface area contributed by atoms with Crippen molar-refractivity contribution in [2.24, 2.45) is 5.73 Å². The van der Waals surface area contributed by atoms with E-state index >= 15 is 0 Å². The molecule has 3 N–H and O–H groups in total. The highest BCUT2D eigenvalue weighted by molar-refractivity contribution is 5.20. The van der Waals surface area contributed by atoms with Gasteiger partial charge in [0, 0.05) is 6.54 Å². The fourth-order valence-corrected chi connectivity index (χ4v) is 0.728. The molecule has 0 aromatic heterocycles. The van der Waals surface area contributed by atoms with Crippen molar-refractivity contribution in [2.75, 3.05) is 13.2 Å². The van der Waals surface area contributed by atoms with Crippen LogP contribution in [-0.4, -0.2) is 24.4 Å². The van der Waals surface area contributed by atoms with E-state index in [-0.39, 0.29) is 13.2 Å². The summed E-state index contributed by atoms with van der Waals surface area (Å²) >= 11 is 0. The lowest BCUT2D eigenvalue weighted by Gasteiger charge is -2.09. The van der Waals surface area contributed by atoms with E-state index in [9.17, 15) is 0 Å². The molecule has 1 radical (unpaired) electrons. The van der Waals surface area contributed by atoms with Gasteiger partial charge in [-0.15, -0.1) is 0 Å². The summed E-state index contributed by atoms with van der Waals surface area (Å²) in [5.41, 5.74) is 5.20. The molecule has 1 aromatic rings. The molecule has 1 aromatic carbocycles. The molecule has 0 aliphatic heterocycles. The maximum Gasteiger partial charge on any atom is 0.119 e. The number of hydrogen-bond acceptors (Lipinski definition) is 3. The molecule has 0 bridgehead atoms. The number of nitrogens with two attached hydrogens (primary N) is 1. The highest BCUT2D eigenvalue weighted by atomic mass is 16.5. The van der Waals surface area contributed by atoms with Gasteiger partial charge in [0.05, 0.1) is 0 Å². The van der Waals surface area contributed by atoms with Crippen LogP contribution in [0.3, 0.4) is 0 Å². The van der Waals surface area contributed by atoms with Crippen LogP contribution in [0.25, 0.3) is 0 Å². The lowest BCUT2D eigenvalue weighted by Crippen LogP contribution is -2.26. The van der Waals surface area contributed by atoms with E-state index in [0.717, 1.165) is 5.75 Å². The van der Waals surface area contributed by atoms with Crippen molar-refractivity contribution in [3.8, 4) is 5.75 Å². The molecule has 0 spiro atoms. The van der Waals surface area contributed by atoms with Crippen molar-refractivity contribution in [1.29, 1.82) is 0 Å². The number of aliphatic hydroxyl groups excluding tert-OH is 1. The monoisotopic (exact) mass is 166 g/mol. The minimum absolute atomic E-state index is 0.221. The predicted octanol–water partition coefficient (Wildman–Crippen LogP) is 0.185. The molecule has 0 amide bonds. The standard InChI is InChI=1S/C9H12NO2/c10-6-8(11)7-12-9-4-2-1-3-5-9/h2-5,8,11H,6-7,10H2. The van der Waals surface area contributed by atoms with Gasteiger partial charge in [0.25, 0.3) is 0 Å². The third-order valence-electron chi connectivity index (χ3n) is 1.40. The zero-order valence-corrected chi connectivity index (χ0v) is 6.73. The Kier molecular flexibility index (Phi) is 3.57. The maximum absolute atomic E-state index is 9.06. The van der Waals surface area contributed by atoms with Crippen molar-refractivity contribution in [3.63, 3.8) is 0 Å². The predicted molar refractivity (Wildman–Crippen MR) is 45.8 cm³/mol. The highest BCUT2D eigenvalue weighted by Gasteiger charge is 2.00. The Morgan fingerprint density at radius 2 is 2.17 bits per heavy atom. The molecule has 65 valence electrons. The average molecular weight is 166 g/mol. The first kappa shape index (κ1) is 9.03. The molecule has 1 atom stereocenters. The summed E-state index contributed by atoms with van der Waals surface area (Å²) in [5, 5.41) is 9.06. The first-order valence-corrected chi connectivity index (χ1v) is 3.80. The van der Waals surface area contributed by atoms with Crippen LogP contribution in [0.15, 0.2) is 24.3 Å². The van der Waals surface area contributed by atoms with Gasteiger partial charge in [0.15, 0.2) is 0 Å². The van der Waals surface area contributed by atoms with Gasteiger partial charge in [-0.05, 0) is 18.2 Å². The van der Waals surface area contributed by atoms with E-state index in [1.807, 2.05) is 0 Å². The van der Waals surface area contributed by atoms with E-state index in [1.54, 1.807) is 24.3 Å². The minimum atomic E-state index is -0.589. The Morgan fingerprint density at radius 3 is 2.75 bits per heavy atom. The van der Waals surface area contributed by atoms with Gasteiger partial charge in [-0.1, -0.05) is 12.1 Å². The molecular formula is C9H12NO2. The molecule has 3 nitrogen and oxygen atoms in total. The van der Waals surface area contributed by atoms with Gasteiger partial charge >= 0.3 is 0 Å². The number of ether oxygens (including phenoxy) is 1. The molecule has 12 heavy (non-hydrogen) atoms. The fourth-order valence-electron chi connectivity index (χ4n) is 0.728. The molecule has 1 rings (SSSR count). The van der Waals surface area contributed by atoms with E-state index in [4.69, 9.17) is 15.6 Å². The van der Waals surface area contributed by atoms with Crippen LogP contribution in [0.1, 0.15) is 0 Å². The third-order valence-corrected chi connectivity index (χ3v) is 1.40. The molecule has 0 aliphatic carbocycles. The molecule has 3 heteroatoms. The summed E-state index contributed by atoms with van der Waals surface area (Å²) < 4.78 is 5.21. The Bertz CT molecular complexity index is 213. The van der Waals surface area contributed by atoms with E-state index < -0.39 is 6.10 Å². The molecular weight excluding hydrogens is 154 g/mol. The molecule has 1 unspecified atom stereocenters. The first-order chi connectivity index (χ1) is 5.83. The van der Waals surface area contributed by atoms with Crippen LogP contribution < -0.4 is 10.5 Å². The summed E-state index contributed by atoms with van der Waals surface area (Å²) in [4.78, 5) is 0. The van der Waals surface area contributed by atoms with Gasteiger partial charge < -0.3 is 15.6 Å². The number of hydrogen-bond donors (Lipinski definition) is 2. The van der Waals surface area contributed by atoms with E-state index in [2.05, 4.69) is 6.07 Å². The molecule has 0 saturated carbocycles. The van der Waals surface area contributed by atoms with Crippen molar-refractivity contribution in [1.82, 2.24) is 0 Å². The van der Waals surface area contributed by atoms with Crippen molar-refractivity contribution >= 4 is 0 Å². The smallest absolute Gasteiger partial charge is 0.119 e. The summed E-state index contributed by atoms with van der Waals surface area (Å²) in [7, 11) is 0. The van der Waals surface area contributed by atoms with Crippen LogP contribution >= 0.6 is 0 Å². The van der Waals surface area contributed by atoms with Gasteiger partial charge in [-0.25, -0.2) is 0 Å². The lowest BCUT2D eigenvalue weighted by molar-refractivity contribution is 0.114. The summed E-state index contributed by atoms with van der Waals surface area (Å²) in [6.45, 7) is 0.458. The van der Waals surface area contributed by atoms with E-state index in [1.165, 1.54) is 0 Å². The van der Waals surface area contributed by atoms with Crippen molar-refractivity contribution in [3.05, 3.63) is 30.3 Å². The quantitative estimate of drug-likeness (QED) is 0.671. The SMILES string of the molecule is NCC(O)COc1cc[c]cc1. The Balaban J connectivity index is 2.33.